The van der Waals surface area contributed by atoms with E-state index in [1.165, 1.54) is 6.26 Å². The van der Waals surface area contributed by atoms with E-state index in [1.807, 2.05) is 31.2 Å². The molecule has 1 aliphatic heterocycles. The summed E-state index contributed by atoms with van der Waals surface area (Å²) in [5.74, 6) is 0.613. The molecule has 3 heterocycles. The number of hydrogen-bond donors (Lipinski definition) is 1. The van der Waals surface area contributed by atoms with Crippen LogP contribution in [0.4, 0.5) is 11.5 Å². The van der Waals surface area contributed by atoms with Gasteiger partial charge in [0.1, 0.15) is 5.82 Å². The first kappa shape index (κ1) is 18.7. The highest BCUT2D eigenvalue weighted by molar-refractivity contribution is 6.03. The fourth-order valence-corrected chi connectivity index (χ4v) is 3.35. The maximum absolute atomic E-state index is 12.4. The number of carbonyl (C=O) groups is 2. The second kappa shape index (κ2) is 8.18. The summed E-state index contributed by atoms with van der Waals surface area (Å²) in [7, 11) is 0. The lowest BCUT2D eigenvalue weighted by molar-refractivity contribution is 0.0714. The minimum atomic E-state index is -0.181. The third kappa shape index (κ3) is 4.29. The summed E-state index contributed by atoms with van der Waals surface area (Å²) in [5, 5.41) is 2.82. The Kier molecular flexibility index (Phi) is 5.29. The van der Waals surface area contributed by atoms with E-state index in [9.17, 15) is 9.59 Å². The molecule has 1 aromatic carbocycles. The predicted molar refractivity (Wildman–Crippen MR) is 110 cm³/mol. The number of furan rings is 1. The Morgan fingerprint density at radius 2 is 1.86 bits per heavy atom. The number of nitrogens with zero attached hydrogens (tertiary/aromatic N) is 3. The Balaban J connectivity index is 1.34. The van der Waals surface area contributed by atoms with Gasteiger partial charge in [0.25, 0.3) is 11.8 Å². The topological polar surface area (TPSA) is 78.7 Å². The number of aromatic nitrogens is 1. The second-order valence-corrected chi connectivity index (χ2v) is 6.98. The van der Waals surface area contributed by atoms with Crippen LogP contribution in [-0.4, -0.2) is 47.9 Å². The summed E-state index contributed by atoms with van der Waals surface area (Å²) in [6.45, 7) is 4.61. The van der Waals surface area contributed by atoms with E-state index in [4.69, 9.17) is 4.42 Å². The van der Waals surface area contributed by atoms with E-state index in [1.54, 1.807) is 35.4 Å². The number of rotatable bonds is 4. The molecule has 1 fully saturated rings. The van der Waals surface area contributed by atoms with Crippen LogP contribution in [0, 0.1) is 6.92 Å². The first-order valence-corrected chi connectivity index (χ1v) is 9.52. The fourth-order valence-electron chi connectivity index (χ4n) is 3.35. The molecule has 0 saturated carbocycles. The molecule has 0 bridgehead atoms. The lowest BCUT2D eigenvalue weighted by Crippen LogP contribution is -2.48. The van der Waals surface area contributed by atoms with Gasteiger partial charge in [-0.1, -0.05) is 17.7 Å². The van der Waals surface area contributed by atoms with Crippen LogP contribution in [0.5, 0.6) is 0 Å². The molecule has 1 saturated heterocycles. The predicted octanol–water partition coefficient (Wildman–Crippen LogP) is 3.20. The summed E-state index contributed by atoms with van der Waals surface area (Å²) in [5.41, 5.74) is 2.60. The molecule has 0 aliphatic carbocycles. The van der Waals surface area contributed by atoms with Crippen LogP contribution in [0.2, 0.25) is 0 Å². The van der Waals surface area contributed by atoms with Crippen molar-refractivity contribution in [3.05, 3.63) is 77.9 Å². The monoisotopic (exact) mass is 390 g/mol. The minimum Gasteiger partial charge on any atom is -0.459 e. The van der Waals surface area contributed by atoms with Crippen LogP contribution < -0.4 is 10.2 Å². The molecule has 4 rings (SSSR count). The van der Waals surface area contributed by atoms with E-state index in [-0.39, 0.29) is 11.8 Å². The van der Waals surface area contributed by atoms with Crippen LogP contribution in [0.25, 0.3) is 0 Å². The van der Waals surface area contributed by atoms with Gasteiger partial charge in [-0.15, -0.1) is 0 Å². The Bertz CT molecular complexity index is 991. The molecule has 2 aromatic heterocycles. The fraction of sp³-hybridized carbons (Fsp3) is 0.227. The van der Waals surface area contributed by atoms with Crippen LogP contribution in [0.15, 0.2) is 65.4 Å². The lowest BCUT2D eigenvalue weighted by Gasteiger charge is -2.35. The zero-order valence-electron chi connectivity index (χ0n) is 16.2. The molecule has 29 heavy (non-hydrogen) atoms. The molecule has 3 aromatic rings. The van der Waals surface area contributed by atoms with E-state index >= 15 is 0 Å². The van der Waals surface area contributed by atoms with Crippen molar-refractivity contribution in [2.45, 2.75) is 6.92 Å². The highest BCUT2D eigenvalue weighted by Gasteiger charge is 2.24. The van der Waals surface area contributed by atoms with Crippen molar-refractivity contribution in [2.75, 3.05) is 36.4 Å². The highest BCUT2D eigenvalue weighted by atomic mass is 16.3. The van der Waals surface area contributed by atoms with Gasteiger partial charge in [0, 0.05) is 31.7 Å². The SMILES string of the molecule is Cc1cccc(C(=O)Nc2ccc(N3CCN(C(=O)c4ccco4)CC3)cn2)c1. The third-order valence-electron chi connectivity index (χ3n) is 4.93. The molecule has 0 atom stereocenters. The van der Waals surface area contributed by atoms with Crippen LogP contribution in [-0.2, 0) is 0 Å². The van der Waals surface area contributed by atoms with Gasteiger partial charge in [0.05, 0.1) is 18.1 Å². The highest BCUT2D eigenvalue weighted by Crippen LogP contribution is 2.19. The van der Waals surface area contributed by atoms with E-state index in [0.717, 1.165) is 11.3 Å². The van der Waals surface area contributed by atoms with Crippen LogP contribution in [0.1, 0.15) is 26.5 Å². The molecule has 2 amide bonds. The molecular formula is C22H22N4O3. The van der Waals surface area contributed by atoms with Crippen molar-refractivity contribution in [3.8, 4) is 0 Å². The molecule has 0 radical (unpaired) electrons. The Hall–Kier alpha value is -3.61. The molecule has 7 heteroatoms. The van der Waals surface area contributed by atoms with E-state index in [2.05, 4.69) is 15.2 Å². The normalized spacial score (nSPS) is 14.0. The number of aryl methyl sites for hydroxylation is 1. The minimum absolute atomic E-state index is 0.0815. The molecule has 1 aliphatic rings. The average Bonchev–Trinajstić information content (AvgIpc) is 3.29. The summed E-state index contributed by atoms with van der Waals surface area (Å²) >= 11 is 0. The van der Waals surface area contributed by atoms with Gasteiger partial charge in [-0.2, -0.15) is 0 Å². The number of anilines is 2. The summed E-state index contributed by atoms with van der Waals surface area (Å²) in [6, 6.07) is 14.6. The molecule has 7 nitrogen and oxygen atoms in total. The van der Waals surface area contributed by atoms with E-state index in [0.29, 0.717) is 43.3 Å². The Labute approximate surface area is 169 Å². The quantitative estimate of drug-likeness (QED) is 0.740. The van der Waals surface area contributed by atoms with Crippen molar-refractivity contribution in [3.63, 3.8) is 0 Å². The molecule has 0 unspecified atom stereocenters. The number of amides is 2. The van der Waals surface area contributed by atoms with Crippen molar-refractivity contribution >= 4 is 23.3 Å². The van der Waals surface area contributed by atoms with Gasteiger partial charge >= 0.3 is 0 Å². The molecule has 0 spiro atoms. The molecule has 1 N–H and O–H groups in total. The smallest absolute Gasteiger partial charge is 0.289 e. The van der Waals surface area contributed by atoms with Crippen molar-refractivity contribution in [1.82, 2.24) is 9.88 Å². The van der Waals surface area contributed by atoms with Crippen LogP contribution >= 0.6 is 0 Å². The van der Waals surface area contributed by atoms with E-state index < -0.39 is 0 Å². The Morgan fingerprint density at radius 1 is 1.03 bits per heavy atom. The maximum Gasteiger partial charge on any atom is 0.289 e. The summed E-state index contributed by atoms with van der Waals surface area (Å²) in [4.78, 5) is 33.0. The average molecular weight is 390 g/mol. The molecular weight excluding hydrogens is 368 g/mol. The number of carbonyl (C=O) groups excluding carboxylic acids is 2. The van der Waals surface area contributed by atoms with Gasteiger partial charge in [-0.3, -0.25) is 9.59 Å². The first-order chi connectivity index (χ1) is 14.1. The molecule has 148 valence electrons. The number of pyridine rings is 1. The first-order valence-electron chi connectivity index (χ1n) is 9.52. The third-order valence-corrected chi connectivity index (χ3v) is 4.93. The second-order valence-electron chi connectivity index (χ2n) is 6.98. The largest absolute Gasteiger partial charge is 0.459 e. The standard InChI is InChI=1S/C22H22N4O3/c1-16-4-2-5-17(14-16)21(27)24-20-8-7-18(15-23-20)25-9-11-26(12-10-25)22(28)19-6-3-13-29-19/h2-8,13-15H,9-12H2,1H3,(H,23,24,27). The van der Waals surface area contributed by atoms with Crippen LogP contribution in [0.3, 0.4) is 0 Å². The Morgan fingerprint density at radius 3 is 2.52 bits per heavy atom. The number of hydrogen-bond acceptors (Lipinski definition) is 5. The number of nitrogens with one attached hydrogen (secondary N) is 1. The zero-order chi connectivity index (χ0) is 20.2. The lowest BCUT2D eigenvalue weighted by atomic mass is 10.1. The van der Waals surface area contributed by atoms with Gasteiger partial charge in [-0.05, 0) is 43.3 Å². The van der Waals surface area contributed by atoms with Gasteiger partial charge in [-0.25, -0.2) is 4.98 Å². The summed E-state index contributed by atoms with van der Waals surface area (Å²) < 4.78 is 5.19. The number of benzene rings is 1. The van der Waals surface area contributed by atoms with Gasteiger partial charge in [0.15, 0.2) is 5.76 Å². The number of piperazine rings is 1. The van der Waals surface area contributed by atoms with Gasteiger partial charge < -0.3 is 19.5 Å². The summed E-state index contributed by atoms with van der Waals surface area (Å²) in [6.07, 6.45) is 3.25. The maximum atomic E-state index is 12.4. The van der Waals surface area contributed by atoms with Crippen molar-refractivity contribution in [2.24, 2.45) is 0 Å². The van der Waals surface area contributed by atoms with Gasteiger partial charge in [0.2, 0.25) is 0 Å². The zero-order valence-corrected chi connectivity index (χ0v) is 16.2. The van der Waals surface area contributed by atoms with Crippen molar-refractivity contribution in [1.29, 1.82) is 0 Å². The van der Waals surface area contributed by atoms with Crippen molar-refractivity contribution < 1.29 is 14.0 Å².